The average Bonchev–Trinajstić information content (AvgIpc) is 3.24. The molecule has 0 saturated carbocycles. The maximum atomic E-state index is 13.1. The molecule has 6 heteroatoms. The Kier molecular flexibility index (Phi) is 6.51. The summed E-state index contributed by atoms with van der Waals surface area (Å²) in [6.45, 7) is 9.30. The molecule has 1 aromatic heterocycles. The van der Waals surface area contributed by atoms with Crippen LogP contribution >= 0.6 is 11.8 Å². The summed E-state index contributed by atoms with van der Waals surface area (Å²) in [5.41, 5.74) is 5.19. The van der Waals surface area contributed by atoms with Gasteiger partial charge in [-0.05, 0) is 93.6 Å². The molecule has 1 aliphatic rings. The quantitative estimate of drug-likeness (QED) is 0.430. The van der Waals surface area contributed by atoms with Crippen LogP contribution in [-0.4, -0.2) is 33.7 Å². The van der Waals surface area contributed by atoms with Gasteiger partial charge in [-0.15, -0.1) is 0 Å². The van der Waals surface area contributed by atoms with Crippen molar-refractivity contribution in [2.24, 2.45) is 4.99 Å². The van der Waals surface area contributed by atoms with Crippen molar-refractivity contribution in [2.75, 3.05) is 13.2 Å². The molecule has 32 heavy (non-hydrogen) atoms. The number of amides is 1. The monoisotopic (exact) mass is 445 g/mol. The second-order valence-electron chi connectivity index (χ2n) is 7.48. The van der Waals surface area contributed by atoms with Crippen LogP contribution in [0.4, 0.5) is 5.69 Å². The van der Waals surface area contributed by atoms with Crippen LogP contribution in [0.1, 0.15) is 30.8 Å². The Balaban J connectivity index is 1.65. The topological polar surface area (TPSA) is 46.8 Å². The maximum Gasteiger partial charge on any atom is 0.266 e. The predicted molar refractivity (Wildman–Crippen MR) is 133 cm³/mol. The number of para-hydroxylation sites is 1. The number of carbonyl (C=O) groups excluding carboxylic acids is 1. The smallest absolute Gasteiger partial charge is 0.266 e. The van der Waals surface area contributed by atoms with Gasteiger partial charge in [0.15, 0.2) is 5.17 Å². The standard InChI is InChI=1S/C26H27N3O2S/c1-5-28-25(30)24(32-26(28)27-21-12-14-23(15-13-21)31-6-2)17-20-16-18(3)29(19(20)4)22-10-8-7-9-11-22/h7-17H,5-6H2,1-4H3. The third-order valence-electron chi connectivity index (χ3n) is 5.35. The summed E-state index contributed by atoms with van der Waals surface area (Å²) >= 11 is 1.42. The van der Waals surface area contributed by atoms with Crippen LogP contribution in [-0.2, 0) is 4.79 Å². The van der Waals surface area contributed by atoms with Crippen molar-refractivity contribution in [3.63, 3.8) is 0 Å². The highest BCUT2D eigenvalue weighted by atomic mass is 32.2. The van der Waals surface area contributed by atoms with Gasteiger partial charge in [0.1, 0.15) is 5.75 Å². The van der Waals surface area contributed by atoms with E-state index in [2.05, 4.69) is 36.6 Å². The lowest BCUT2D eigenvalue weighted by molar-refractivity contribution is -0.122. The fourth-order valence-corrected chi connectivity index (χ4v) is 4.87. The minimum Gasteiger partial charge on any atom is -0.494 e. The van der Waals surface area contributed by atoms with Gasteiger partial charge in [0, 0.05) is 23.6 Å². The zero-order valence-electron chi connectivity index (χ0n) is 18.8. The number of aromatic nitrogens is 1. The Bertz CT molecular complexity index is 1180. The van der Waals surface area contributed by atoms with E-state index in [4.69, 9.17) is 9.73 Å². The molecule has 1 aliphatic heterocycles. The molecule has 2 aromatic carbocycles. The number of hydrogen-bond acceptors (Lipinski definition) is 4. The fourth-order valence-electron chi connectivity index (χ4n) is 3.81. The number of nitrogens with zero attached hydrogens (tertiary/aromatic N) is 3. The molecule has 4 rings (SSSR count). The van der Waals surface area contributed by atoms with Gasteiger partial charge in [-0.25, -0.2) is 4.99 Å². The summed E-state index contributed by atoms with van der Waals surface area (Å²) in [6.07, 6.45) is 1.98. The molecule has 1 fully saturated rings. The van der Waals surface area contributed by atoms with E-state index in [1.54, 1.807) is 4.90 Å². The Morgan fingerprint density at radius 2 is 1.75 bits per heavy atom. The van der Waals surface area contributed by atoms with E-state index in [1.165, 1.54) is 11.8 Å². The van der Waals surface area contributed by atoms with E-state index in [9.17, 15) is 4.79 Å². The van der Waals surface area contributed by atoms with E-state index in [0.717, 1.165) is 34.1 Å². The molecule has 164 valence electrons. The van der Waals surface area contributed by atoms with Gasteiger partial charge in [0.05, 0.1) is 17.2 Å². The van der Waals surface area contributed by atoms with Gasteiger partial charge >= 0.3 is 0 Å². The maximum absolute atomic E-state index is 13.1. The number of carbonyl (C=O) groups is 1. The van der Waals surface area contributed by atoms with Crippen molar-refractivity contribution >= 4 is 34.6 Å². The first-order valence-corrected chi connectivity index (χ1v) is 11.6. The molecule has 0 spiro atoms. The number of amidine groups is 1. The summed E-state index contributed by atoms with van der Waals surface area (Å²) in [5.74, 6) is 0.806. The summed E-state index contributed by atoms with van der Waals surface area (Å²) in [6, 6.07) is 20.0. The van der Waals surface area contributed by atoms with E-state index in [-0.39, 0.29) is 5.91 Å². The number of benzene rings is 2. The Hall–Kier alpha value is -3.25. The van der Waals surface area contributed by atoms with E-state index in [1.807, 2.05) is 62.4 Å². The van der Waals surface area contributed by atoms with Gasteiger partial charge < -0.3 is 9.30 Å². The highest BCUT2D eigenvalue weighted by Gasteiger charge is 2.32. The van der Waals surface area contributed by atoms with Gasteiger partial charge in [-0.1, -0.05) is 18.2 Å². The molecule has 0 radical (unpaired) electrons. The molecule has 1 amide bonds. The van der Waals surface area contributed by atoms with Crippen molar-refractivity contribution in [1.82, 2.24) is 9.47 Å². The van der Waals surface area contributed by atoms with Crippen LogP contribution in [0, 0.1) is 13.8 Å². The molecule has 2 heterocycles. The predicted octanol–water partition coefficient (Wildman–Crippen LogP) is 6.12. The second-order valence-corrected chi connectivity index (χ2v) is 8.49. The number of hydrogen-bond donors (Lipinski definition) is 0. The van der Waals surface area contributed by atoms with E-state index < -0.39 is 0 Å². The van der Waals surface area contributed by atoms with Gasteiger partial charge in [-0.3, -0.25) is 9.69 Å². The molecule has 0 aliphatic carbocycles. The van der Waals surface area contributed by atoms with Crippen molar-refractivity contribution in [3.8, 4) is 11.4 Å². The molecular weight excluding hydrogens is 418 g/mol. The molecule has 3 aromatic rings. The molecule has 0 N–H and O–H groups in total. The lowest BCUT2D eigenvalue weighted by Crippen LogP contribution is -2.28. The highest BCUT2D eigenvalue weighted by molar-refractivity contribution is 8.18. The van der Waals surface area contributed by atoms with Crippen LogP contribution < -0.4 is 4.74 Å². The number of aryl methyl sites for hydroxylation is 1. The number of likely N-dealkylation sites (N-methyl/N-ethyl adjacent to an activating group) is 1. The Morgan fingerprint density at radius 1 is 1.03 bits per heavy atom. The lowest BCUT2D eigenvalue weighted by atomic mass is 10.2. The van der Waals surface area contributed by atoms with Crippen molar-refractivity contribution in [1.29, 1.82) is 0 Å². The number of ether oxygens (including phenoxy) is 1. The zero-order valence-corrected chi connectivity index (χ0v) is 19.6. The van der Waals surface area contributed by atoms with Crippen LogP contribution in [0.15, 0.2) is 70.6 Å². The Morgan fingerprint density at radius 3 is 2.41 bits per heavy atom. The Labute approximate surface area is 193 Å². The van der Waals surface area contributed by atoms with E-state index in [0.29, 0.717) is 23.2 Å². The SMILES string of the molecule is CCOc1ccc(N=C2SC(=Cc3cc(C)n(-c4ccccc4)c3C)C(=O)N2CC)cc1. The van der Waals surface area contributed by atoms with Crippen molar-refractivity contribution in [3.05, 3.63) is 82.5 Å². The highest BCUT2D eigenvalue weighted by Crippen LogP contribution is 2.35. The molecule has 1 saturated heterocycles. The van der Waals surface area contributed by atoms with Crippen molar-refractivity contribution in [2.45, 2.75) is 27.7 Å². The number of rotatable bonds is 6. The molecule has 0 bridgehead atoms. The van der Waals surface area contributed by atoms with Crippen LogP contribution in [0.25, 0.3) is 11.8 Å². The lowest BCUT2D eigenvalue weighted by Gasteiger charge is -2.12. The first-order valence-electron chi connectivity index (χ1n) is 10.8. The van der Waals surface area contributed by atoms with Crippen LogP contribution in [0.5, 0.6) is 5.75 Å². The first-order chi connectivity index (χ1) is 15.5. The summed E-state index contributed by atoms with van der Waals surface area (Å²) in [5, 5.41) is 0.699. The summed E-state index contributed by atoms with van der Waals surface area (Å²) < 4.78 is 7.71. The van der Waals surface area contributed by atoms with E-state index >= 15 is 0 Å². The first kappa shape index (κ1) is 22.0. The minimum absolute atomic E-state index is 0.00768. The van der Waals surface area contributed by atoms with Crippen LogP contribution in [0.2, 0.25) is 0 Å². The molecule has 5 nitrogen and oxygen atoms in total. The van der Waals surface area contributed by atoms with Crippen molar-refractivity contribution < 1.29 is 9.53 Å². The number of thioether (sulfide) groups is 1. The van der Waals surface area contributed by atoms with Gasteiger partial charge in [0.2, 0.25) is 0 Å². The van der Waals surface area contributed by atoms with Gasteiger partial charge in [-0.2, -0.15) is 0 Å². The zero-order chi connectivity index (χ0) is 22.7. The molecule has 0 atom stereocenters. The summed E-state index contributed by atoms with van der Waals surface area (Å²) in [7, 11) is 0. The third-order valence-corrected chi connectivity index (χ3v) is 6.35. The third kappa shape index (κ3) is 4.36. The average molecular weight is 446 g/mol. The molecular formula is C26H27N3O2S. The molecule has 0 unspecified atom stereocenters. The number of aliphatic imine (C=N–C) groups is 1. The normalized spacial score (nSPS) is 16.4. The summed E-state index contributed by atoms with van der Waals surface area (Å²) in [4.78, 5) is 20.2. The second kappa shape index (κ2) is 9.49. The largest absolute Gasteiger partial charge is 0.494 e. The fraction of sp³-hybridized carbons (Fsp3) is 0.231. The van der Waals surface area contributed by atoms with Gasteiger partial charge in [0.25, 0.3) is 5.91 Å². The minimum atomic E-state index is -0.00768. The van der Waals surface area contributed by atoms with Crippen LogP contribution in [0.3, 0.4) is 0 Å².